The van der Waals surface area contributed by atoms with E-state index in [2.05, 4.69) is 13.8 Å². The standard InChI is InChI=1S/C12H17Cl2N/c1-4-8(2)12(3,15)10-7-9(13)5-6-11(10)14/h5-8H,4,15H2,1-3H3. The van der Waals surface area contributed by atoms with Crippen LogP contribution in [0.3, 0.4) is 0 Å². The van der Waals surface area contributed by atoms with E-state index >= 15 is 0 Å². The SMILES string of the molecule is CCC(C)C(C)(N)c1cc(Cl)ccc1Cl. The fraction of sp³-hybridized carbons (Fsp3) is 0.500. The predicted octanol–water partition coefficient (Wildman–Crippen LogP) is 4.21. The first-order valence-electron chi connectivity index (χ1n) is 5.14. The van der Waals surface area contributed by atoms with Crippen molar-refractivity contribution in [1.29, 1.82) is 0 Å². The van der Waals surface area contributed by atoms with Crippen LogP contribution in [-0.4, -0.2) is 0 Å². The van der Waals surface area contributed by atoms with Crippen molar-refractivity contribution in [2.24, 2.45) is 11.7 Å². The molecule has 0 spiro atoms. The van der Waals surface area contributed by atoms with Gasteiger partial charge in [0.05, 0.1) is 0 Å². The van der Waals surface area contributed by atoms with Crippen LogP contribution in [0.15, 0.2) is 18.2 Å². The summed E-state index contributed by atoms with van der Waals surface area (Å²) in [5.41, 5.74) is 6.81. The van der Waals surface area contributed by atoms with Crippen LogP contribution in [0.1, 0.15) is 32.8 Å². The topological polar surface area (TPSA) is 26.0 Å². The molecule has 84 valence electrons. The molecule has 0 heterocycles. The van der Waals surface area contributed by atoms with Crippen LogP contribution >= 0.6 is 23.2 Å². The number of hydrogen-bond donors (Lipinski definition) is 1. The Morgan fingerprint density at radius 1 is 1.40 bits per heavy atom. The molecule has 2 unspecified atom stereocenters. The van der Waals surface area contributed by atoms with E-state index in [0.29, 0.717) is 16.0 Å². The Kier molecular flexibility index (Phi) is 4.05. The molecule has 0 bridgehead atoms. The third-order valence-electron chi connectivity index (χ3n) is 3.14. The molecule has 0 saturated heterocycles. The van der Waals surface area contributed by atoms with Crippen LogP contribution in [0.25, 0.3) is 0 Å². The van der Waals surface area contributed by atoms with Crippen molar-refractivity contribution < 1.29 is 0 Å². The molecule has 3 heteroatoms. The number of hydrogen-bond acceptors (Lipinski definition) is 1. The maximum absolute atomic E-state index is 6.32. The minimum absolute atomic E-state index is 0.355. The molecule has 0 aliphatic carbocycles. The molecule has 0 saturated carbocycles. The van der Waals surface area contributed by atoms with Crippen LogP contribution in [0.2, 0.25) is 10.0 Å². The molecule has 1 rings (SSSR count). The molecule has 0 aliphatic rings. The van der Waals surface area contributed by atoms with Crippen molar-refractivity contribution >= 4 is 23.2 Å². The van der Waals surface area contributed by atoms with Gasteiger partial charge in [-0.2, -0.15) is 0 Å². The summed E-state index contributed by atoms with van der Waals surface area (Å²) in [5.74, 6) is 0.355. The third kappa shape index (κ3) is 2.66. The molecule has 2 N–H and O–H groups in total. The fourth-order valence-electron chi connectivity index (χ4n) is 1.60. The molecular formula is C12H17Cl2N. The van der Waals surface area contributed by atoms with Gasteiger partial charge in [-0.1, -0.05) is 43.5 Å². The van der Waals surface area contributed by atoms with Gasteiger partial charge < -0.3 is 5.73 Å². The van der Waals surface area contributed by atoms with Crippen LogP contribution in [0.4, 0.5) is 0 Å². The first kappa shape index (κ1) is 12.8. The summed E-state index contributed by atoms with van der Waals surface area (Å²) < 4.78 is 0. The van der Waals surface area contributed by atoms with Gasteiger partial charge in [-0.25, -0.2) is 0 Å². The second-order valence-electron chi connectivity index (χ2n) is 4.22. The van der Waals surface area contributed by atoms with Gasteiger partial charge in [-0.15, -0.1) is 0 Å². The van der Waals surface area contributed by atoms with Crippen LogP contribution in [0.5, 0.6) is 0 Å². The number of halogens is 2. The molecule has 0 aliphatic heterocycles. The van der Waals surface area contributed by atoms with Crippen molar-refractivity contribution in [3.05, 3.63) is 33.8 Å². The minimum atomic E-state index is -0.434. The molecule has 0 radical (unpaired) electrons. The number of nitrogens with two attached hydrogens (primary N) is 1. The minimum Gasteiger partial charge on any atom is -0.321 e. The number of rotatable bonds is 3. The summed E-state index contributed by atoms with van der Waals surface area (Å²) in [5, 5.41) is 1.36. The lowest BCUT2D eigenvalue weighted by molar-refractivity contribution is 0.316. The molecule has 2 atom stereocenters. The molecule has 0 amide bonds. The lowest BCUT2D eigenvalue weighted by Crippen LogP contribution is -2.39. The van der Waals surface area contributed by atoms with Gasteiger partial charge in [0.25, 0.3) is 0 Å². The molecular weight excluding hydrogens is 229 g/mol. The van der Waals surface area contributed by atoms with E-state index in [1.165, 1.54) is 0 Å². The highest BCUT2D eigenvalue weighted by Crippen LogP contribution is 2.34. The van der Waals surface area contributed by atoms with E-state index in [4.69, 9.17) is 28.9 Å². The van der Waals surface area contributed by atoms with Gasteiger partial charge in [0, 0.05) is 15.6 Å². The monoisotopic (exact) mass is 245 g/mol. The quantitative estimate of drug-likeness (QED) is 0.849. The van der Waals surface area contributed by atoms with Gasteiger partial charge in [0.15, 0.2) is 0 Å². The van der Waals surface area contributed by atoms with Crippen molar-refractivity contribution in [2.45, 2.75) is 32.7 Å². The normalized spacial score (nSPS) is 17.2. The maximum Gasteiger partial charge on any atom is 0.0457 e. The largest absolute Gasteiger partial charge is 0.321 e. The maximum atomic E-state index is 6.32. The first-order valence-corrected chi connectivity index (χ1v) is 5.89. The zero-order valence-corrected chi connectivity index (χ0v) is 10.9. The summed E-state index contributed by atoms with van der Waals surface area (Å²) >= 11 is 12.1. The summed E-state index contributed by atoms with van der Waals surface area (Å²) in [4.78, 5) is 0. The Bertz CT molecular complexity index is 347. The van der Waals surface area contributed by atoms with Gasteiger partial charge in [-0.05, 0) is 36.6 Å². The van der Waals surface area contributed by atoms with Crippen molar-refractivity contribution in [3.8, 4) is 0 Å². The first-order chi connectivity index (χ1) is 6.89. The van der Waals surface area contributed by atoms with Crippen molar-refractivity contribution in [1.82, 2.24) is 0 Å². The Labute approximate surface area is 102 Å². The van der Waals surface area contributed by atoms with E-state index < -0.39 is 5.54 Å². The van der Waals surface area contributed by atoms with E-state index in [-0.39, 0.29) is 0 Å². The molecule has 1 aromatic carbocycles. The second kappa shape index (κ2) is 4.73. The van der Waals surface area contributed by atoms with Gasteiger partial charge in [0.2, 0.25) is 0 Å². The molecule has 0 fully saturated rings. The van der Waals surface area contributed by atoms with Crippen LogP contribution in [0, 0.1) is 5.92 Å². The average molecular weight is 246 g/mol. The van der Waals surface area contributed by atoms with Crippen LogP contribution < -0.4 is 5.73 Å². The van der Waals surface area contributed by atoms with E-state index in [1.807, 2.05) is 13.0 Å². The fourth-order valence-corrected chi connectivity index (χ4v) is 2.09. The van der Waals surface area contributed by atoms with Crippen molar-refractivity contribution in [2.75, 3.05) is 0 Å². The van der Waals surface area contributed by atoms with Crippen molar-refractivity contribution in [3.63, 3.8) is 0 Å². The highest BCUT2D eigenvalue weighted by molar-refractivity contribution is 6.33. The van der Waals surface area contributed by atoms with E-state index in [0.717, 1.165) is 12.0 Å². The van der Waals surface area contributed by atoms with E-state index in [1.54, 1.807) is 12.1 Å². The molecule has 1 aromatic rings. The second-order valence-corrected chi connectivity index (χ2v) is 5.06. The summed E-state index contributed by atoms with van der Waals surface area (Å²) in [7, 11) is 0. The average Bonchev–Trinajstić information content (AvgIpc) is 2.20. The smallest absolute Gasteiger partial charge is 0.0457 e. The Morgan fingerprint density at radius 2 is 2.00 bits per heavy atom. The van der Waals surface area contributed by atoms with Gasteiger partial charge in [-0.3, -0.25) is 0 Å². The van der Waals surface area contributed by atoms with Crippen LogP contribution in [-0.2, 0) is 5.54 Å². The Balaban J connectivity index is 3.19. The Morgan fingerprint density at radius 3 is 2.53 bits per heavy atom. The van der Waals surface area contributed by atoms with Gasteiger partial charge in [0.1, 0.15) is 0 Å². The zero-order valence-electron chi connectivity index (χ0n) is 9.35. The summed E-state index contributed by atoms with van der Waals surface area (Å²) in [6.45, 7) is 6.24. The highest BCUT2D eigenvalue weighted by Gasteiger charge is 2.29. The molecule has 1 nitrogen and oxygen atoms in total. The summed E-state index contributed by atoms with van der Waals surface area (Å²) in [6, 6.07) is 5.43. The Hall–Kier alpha value is -0.240. The summed E-state index contributed by atoms with van der Waals surface area (Å²) in [6.07, 6.45) is 1.01. The van der Waals surface area contributed by atoms with E-state index in [9.17, 15) is 0 Å². The third-order valence-corrected chi connectivity index (χ3v) is 3.71. The number of benzene rings is 1. The lowest BCUT2D eigenvalue weighted by Gasteiger charge is -2.32. The molecule has 15 heavy (non-hydrogen) atoms. The molecule has 0 aromatic heterocycles. The highest BCUT2D eigenvalue weighted by atomic mass is 35.5. The lowest BCUT2D eigenvalue weighted by atomic mass is 9.80. The van der Waals surface area contributed by atoms with Gasteiger partial charge >= 0.3 is 0 Å². The predicted molar refractivity (Wildman–Crippen MR) is 67.5 cm³/mol. The zero-order chi connectivity index (χ0) is 11.6.